The van der Waals surface area contributed by atoms with Gasteiger partial charge in [-0.3, -0.25) is 0 Å². The Kier molecular flexibility index (Phi) is 5.26. The van der Waals surface area contributed by atoms with Gasteiger partial charge in [0.25, 0.3) is 0 Å². The van der Waals surface area contributed by atoms with Gasteiger partial charge in [0.15, 0.2) is 0 Å². The first-order valence-electron chi connectivity index (χ1n) is 5.86. The van der Waals surface area contributed by atoms with Gasteiger partial charge in [-0.05, 0) is 41.7 Å². The Balaban J connectivity index is 2.24. The first-order valence-corrected chi connectivity index (χ1v) is 7.74. The first kappa shape index (κ1) is 14.8. The van der Waals surface area contributed by atoms with Crippen molar-refractivity contribution in [2.24, 2.45) is 0 Å². The lowest BCUT2D eigenvalue weighted by molar-refractivity contribution is 0.624. The number of hydrogen-bond donors (Lipinski definition) is 0. The van der Waals surface area contributed by atoms with Crippen LogP contribution in [0.3, 0.4) is 0 Å². The third kappa shape index (κ3) is 3.71. The summed E-state index contributed by atoms with van der Waals surface area (Å²) in [4.78, 5) is 0. The maximum Gasteiger partial charge on any atom is 0.142 e. The standard InChI is InChI=1S/C15H12BrCl2F/c16-9-12(10-4-6-13(17)7-5-10)8-11-2-1-3-14(19)15(11)18/h1-7,12H,8-9H2. The average Bonchev–Trinajstić information content (AvgIpc) is 2.42. The molecule has 0 heterocycles. The van der Waals surface area contributed by atoms with Gasteiger partial charge in [-0.15, -0.1) is 0 Å². The molecule has 2 aromatic rings. The van der Waals surface area contributed by atoms with Crippen LogP contribution in [-0.2, 0) is 6.42 Å². The van der Waals surface area contributed by atoms with Gasteiger partial charge in [0, 0.05) is 10.4 Å². The van der Waals surface area contributed by atoms with Crippen molar-refractivity contribution in [2.75, 3.05) is 5.33 Å². The molecule has 0 radical (unpaired) electrons. The van der Waals surface area contributed by atoms with Crippen molar-refractivity contribution in [2.45, 2.75) is 12.3 Å². The summed E-state index contributed by atoms with van der Waals surface area (Å²) in [6, 6.07) is 12.6. The molecule has 0 aliphatic rings. The highest BCUT2D eigenvalue weighted by molar-refractivity contribution is 9.09. The summed E-state index contributed by atoms with van der Waals surface area (Å²) in [7, 11) is 0. The summed E-state index contributed by atoms with van der Waals surface area (Å²) < 4.78 is 13.4. The summed E-state index contributed by atoms with van der Waals surface area (Å²) >= 11 is 15.4. The van der Waals surface area contributed by atoms with Crippen molar-refractivity contribution in [1.29, 1.82) is 0 Å². The van der Waals surface area contributed by atoms with E-state index in [9.17, 15) is 4.39 Å². The zero-order chi connectivity index (χ0) is 13.8. The van der Waals surface area contributed by atoms with Crippen LogP contribution in [0, 0.1) is 5.82 Å². The largest absolute Gasteiger partial charge is 0.205 e. The van der Waals surface area contributed by atoms with E-state index in [0.29, 0.717) is 11.4 Å². The molecule has 0 bridgehead atoms. The van der Waals surface area contributed by atoms with Crippen LogP contribution in [0.2, 0.25) is 10.0 Å². The topological polar surface area (TPSA) is 0 Å². The number of alkyl halides is 1. The molecular formula is C15H12BrCl2F. The molecule has 4 heteroatoms. The van der Waals surface area contributed by atoms with Gasteiger partial charge in [-0.1, -0.05) is 63.4 Å². The van der Waals surface area contributed by atoms with Gasteiger partial charge in [0.2, 0.25) is 0 Å². The van der Waals surface area contributed by atoms with Crippen molar-refractivity contribution < 1.29 is 4.39 Å². The molecule has 19 heavy (non-hydrogen) atoms. The normalized spacial score (nSPS) is 12.4. The van der Waals surface area contributed by atoms with Crippen LogP contribution < -0.4 is 0 Å². The van der Waals surface area contributed by atoms with Gasteiger partial charge in [0.1, 0.15) is 5.82 Å². The van der Waals surface area contributed by atoms with Crippen LogP contribution in [0.4, 0.5) is 4.39 Å². The second-order valence-corrected chi connectivity index (χ2v) is 5.78. The minimum absolute atomic E-state index is 0.211. The van der Waals surface area contributed by atoms with Crippen LogP contribution in [0.5, 0.6) is 0 Å². The lowest BCUT2D eigenvalue weighted by Crippen LogP contribution is -2.05. The van der Waals surface area contributed by atoms with Crippen LogP contribution in [0.1, 0.15) is 17.0 Å². The minimum atomic E-state index is -0.372. The number of rotatable bonds is 4. The molecule has 2 rings (SSSR count). The highest BCUT2D eigenvalue weighted by atomic mass is 79.9. The number of hydrogen-bond acceptors (Lipinski definition) is 0. The van der Waals surface area contributed by atoms with Gasteiger partial charge in [0.05, 0.1) is 5.02 Å². The van der Waals surface area contributed by atoms with Crippen molar-refractivity contribution in [3.63, 3.8) is 0 Å². The Labute approximate surface area is 130 Å². The average molecular weight is 362 g/mol. The van der Waals surface area contributed by atoms with Crippen molar-refractivity contribution in [1.82, 2.24) is 0 Å². The van der Waals surface area contributed by atoms with Gasteiger partial charge < -0.3 is 0 Å². The smallest absolute Gasteiger partial charge is 0.142 e. The maximum atomic E-state index is 13.4. The quantitative estimate of drug-likeness (QED) is 0.599. The second kappa shape index (κ2) is 6.74. The molecule has 2 aromatic carbocycles. The fourth-order valence-electron chi connectivity index (χ4n) is 1.97. The molecule has 1 atom stereocenters. The number of halogens is 4. The lowest BCUT2D eigenvalue weighted by atomic mass is 9.94. The second-order valence-electron chi connectivity index (χ2n) is 4.32. The van der Waals surface area contributed by atoms with E-state index in [-0.39, 0.29) is 16.8 Å². The summed E-state index contributed by atoms with van der Waals surface area (Å²) in [5.41, 5.74) is 1.97. The molecule has 0 saturated carbocycles. The molecule has 0 aromatic heterocycles. The molecule has 0 spiro atoms. The summed E-state index contributed by atoms with van der Waals surface area (Å²) in [6.45, 7) is 0. The molecule has 0 N–H and O–H groups in total. The van der Waals surface area contributed by atoms with Gasteiger partial charge in [-0.25, -0.2) is 4.39 Å². The van der Waals surface area contributed by atoms with Gasteiger partial charge in [-0.2, -0.15) is 0 Å². The van der Waals surface area contributed by atoms with E-state index in [1.807, 2.05) is 30.3 Å². The summed E-state index contributed by atoms with van der Waals surface area (Å²) in [6.07, 6.45) is 0.684. The SMILES string of the molecule is Fc1cccc(CC(CBr)c2ccc(Cl)cc2)c1Cl. The van der Waals surface area contributed by atoms with Crippen molar-refractivity contribution >= 4 is 39.1 Å². The summed E-state index contributed by atoms with van der Waals surface area (Å²) in [5, 5.41) is 1.70. The highest BCUT2D eigenvalue weighted by Crippen LogP contribution is 2.28. The molecule has 1 unspecified atom stereocenters. The molecular weight excluding hydrogens is 350 g/mol. The Bertz CT molecular complexity index is 555. The van der Waals surface area contributed by atoms with E-state index in [0.717, 1.165) is 16.5 Å². The Hall–Kier alpha value is -0.570. The fraction of sp³-hybridized carbons (Fsp3) is 0.200. The molecule has 0 aliphatic heterocycles. The monoisotopic (exact) mass is 360 g/mol. The fourth-order valence-corrected chi connectivity index (χ4v) is 2.90. The van der Waals surface area contributed by atoms with E-state index in [4.69, 9.17) is 23.2 Å². The van der Waals surface area contributed by atoms with Crippen LogP contribution in [0.15, 0.2) is 42.5 Å². The predicted molar refractivity (Wildman–Crippen MR) is 83.1 cm³/mol. The van der Waals surface area contributed by atoms with E-state index in [2.05, 4.69) is 15.9 Å². The Morgan fingerprint density at radius 3 is 2.37 bits per heavy atom. The third-order valence-electron chi connectivity index (χ3n) is 3.03. The molecule has 0 saturated heterocycles. The Morgan fingerprint density at radius 2 is 1.74 bits per heavy atom. The van der Waals surface area contributed by atoms with Crippen molar-refractivity contribution in [3.8, 4) is 0 Å². The highest BCUT2D eigenvalue weighted by Gasteiger charge is 2.14. The Morgan fingerprint density at radius 1 is 1.05 bits per heavy atom. The van der Waals surface area contributed by atoms with Crippen LogP contribution >= 0.6 is 39.1 Å². The van der Waals surface area contributed by atoms with Gasteiger partial charge >= 0.3 is 0 Å². The maximum absolute atomic E-state index is 13.4. The molecule has 100 valence electrons. The predicted octanol–water partition coefficient (Wildman–Crippen LogP) is 5.85. The molecule has 0 amide bonds. The number of benzene rings is 2. The summed E-state index contributed by atoms with van der Waals surface area (Å²) in [5.74, 6) is -0.139. The van der Waals surface area contributed by atoms with E-state index >= 15 is 0 Å². The third-order valence-corrected chi connectivity index (χ3v) is 4.48. The van der Waals surface area contributed by atoms with Crippen LogP contribution in [-0.4, -0.2) is 5.33 Å². The zero-order valence-corrected chi connectivity index (χ0v) is 13.1. The van der Waals surface area contributed by atoms with Crippen molar-refractivity contribution in [3.05, 3.63) is 69.5 Å². The van der Waals surface area contributed by atoms with E-state index in [1.54, 1.807) is 6.07 Å². The molecule has 0 fully saturated rings. The molecule has 0 aliphatic carbocycles. The zero-order valence-electron chi connectivity index (χ0n) is 10.0. The van der Waals surface area contributed by atoms with Crippen LogP contribution in [0.25, 0.3) is 0 Å². The minimum Gasteiger partial charge on any atom is -0.205 e. The van der Waals surface area contributed by atoms with E-state index < -0.39 is 0 Å². The van der Waals surface area contributed by atoms with E-state index in [1.165, 1.54) is 6.07 Å². The first-order chi connectivity index (χ1) is 9.11. The molecule has 0 nitrogen and oxygen atoms in total. The lowest BCUT2D eigenvalue weighted by Gasteiger charge is -2.16.